The topological polar surface area (TPSA) is 93.1 Å². The average molecular weight is 278 g/mol. The van der Waals surface area contributed by atoms with Gasteiger partial charge in [0.2, 0.25) is 6.79 Å². The van der Waals surface area contributed by atoms with E-state index in [1.54, 1.807) is 24.3 Å². The Balaban J connectivity index is 1.92. The molecule has 0 aromatic heterocycles. The zero-order valence-electron chi connectivity index (χ0n) is 10.6. The number of rotatable bonds is 6. The third-order valence-corrected chi connectivity index (χ3v) is 2.69. The summed E-state index contributed by atoms with van der Waals surface area (Å²) in [5, 5.41) is 18.1. The van der Waals surface area contributed by atoms with Gasteiger partial charge < -0.3 is 19.7 Å². The van der Waals surface area contributed by atoms with Crippen LogP contribution in [0.3, 0.4) is 0 Å². The summed E-state index contributed by atoms with van der Waals surface area (Å²) in [6, 6.07) is 5.30. The molecule has 1 aliphatic heterocycles. The van der Waals surface area contributed by atoms with Crippen LogP contribution in [0.2, 0.25) is 0 Å². The van der Waals surface area contributed by atoms with E-state index in [-0.39, 0.29) is 13.2 Å². The lowest BCUT2D eigenvalue weighted by Gasteiger charge is -2.03. The summed E-state index contributed by atoms with van der Waals surface area (Å²) < 4.78 is 10.4. The molecule has 6 heteroatoms. The second kappa shape index (κ2) is 6.21. The molecule has 0 bridgehead atoms. The molecule has 0 spiro atoms. The maximum Gasteiger partial charge on any atom is 0.310 e. The Hall–Kier alpha value is -2.34. The van der Waals surface area contributed by atoms with Gasteiger partial charge in [0.1, 0.15) is 12.2 Å². The van der Waals surface area contributed by atoms with Gasteiger partial charge in [0, 0.05) is 6.42 Å². The van der Waals surface area contributed by atoms with Crippen molar-refractivity contribution >= 4 is 17.8 Å². The molecule has 1 atom stereocenters. The number of aliphatic hydroxyl groups excluding tert-OH is 1. The number of carbonyl (C=O) groups excluding carboxylic acids is 1. The molecule has 1 unspecified atom stereocenters. The molecule has 1 aromatic carbocycles. The molecule has 6 nitrogen and oxygen atoms in total. The van der Waals surface area contributed by atoms with Crippen LogP contribution in [-0.4, -0.2) is 34.9 Å². The van der Waals surface area contributed by atoms with E-state index in [0.717, 1.165) is 5.56 Å². The number of fused-ring (bicyclic) bond motifs is 1. The lowest BCUT2D eigenvalue weighted by Crippen LogP contribution is -2.14. The Bertz CT molecular complexity index is 549. The largest absolute Gasteiger partial charge is 0.481 e. The monoisotopic (exact) mass is 278 g/mol. The zero-order valence-corrected chi connectivity index (χ0v) is 10.6. The van der Waals surface area contributed by atoms with E-state index in [0.29, 0.717) is 11.5 Å². The number of hydrogen-bond donors (Lipinski definition) is 2. The van der Waals surface area contributed by atoms with E-state index in [9.17, 15) is 14.7 Å². The van der Waals surface area contributed by atoms with Gasteiger partial charge in [0.05, 0.1) is 6.10 Å². The first kappa shape index (κ1) is 14.1. The van der Waals surface area contributed by atoms with Crippen molar-refractivity contribution in [1.82, 2.24) is 0 Å². The summed E-state index contributed by atoms with van der Waals surface area (Å²) in [6.45, 7) is 0.189. The van der Waals surface area contributed by atoms with Crippen LogP contribution in [0.1, 0.15) is 18.4 Å². The predicted molar refractivity (Wildman–Crippen MR) is 69.5 cm³/mol. The maximum absolute atomic E-state index is 11.2. The molecule has 0 saturated heterocycles. The Morgan fingerprint density at radius 2 is 2.05 bits per heavy atom. The van der Waals surface area contributed by atoms with Crippen molar-refractivity contribution in [2.24, 2.45) is 0 Å². The number of carboxylic acid groups (broad SMARTS) is 1. The Morgan fingerprint density at radius 3 is 2.80 bits per heavy atom. The van der Waals surface area contributed by atoms with Crippen molar-refractivity contribution in [2.45, 2.75) is 18.9 Å². The molecule has 0 aliphatic carbocycles. The minimum Gasteiger partial charge on any atom is -0.481 e. The van der Waals surface area contributed by atoms with Crippen LogP contribution >= 0.6 is 0 Å². The number of ether oxygens (including phenoxy) is 2. The van der Waals surface area contributed by atoms with Crippen molar-refractivity contribution in [3.63, 3.8) is 0 Å². The predicted octanol–water partition coefficient (Wildman–Crippen LogP) is 1.22. The second-order valence-electron chi connectivity index (χ2n) is 4.35. The lowest BCUT2D eigenvalue weighted by molar-refractivity contribution is -0.140. The molecule has 1 aromatic rings. The van der Waals surface area contributed by atoms with Crippen LogP contribution in [0.15, 0.2) is 24.3 Å². The highest BCUT2D eigenvalue weighted by atomic mass is 16.7. The van der Waals surface area contributed by atoms with Crippen LogP contribution in [0.25, 0.3) is 6.08 Å². The Labute approximate surface area is 115 Å². The molecule has 106 valence electrons. The number of aliphatic carboxylic acids is 1. The number of hydrogen-bond acceptors (Lipinski definition) is 5. The van der Waals surface area contributed by atoms with E-state index >= 15 is 0 Å². The van der Waals surface area contributed by atoms with E-state index < -0.39 is 24.3 Å². The van der Waals surface area contributed by atoms with Crippen molar-refractivity contribution in [2.75, 3.05) is 6.79 Å². The molecule has 2 rings (SSSR count). The fourth-order valence-electron chi connectivity index (χ4n) is 1.78. The lowest BCUT2D eigenvalue weighted by atomic mass is 10.1. The number of benzene rings is 1. The smallest absolute Gasteiger partial charge is 0.310 e. The van der Waals surface area contributed by atoms with Gasteiger partial charge in [-0.1, -0.05) is 18.2 Å². The van der Waals surface area contributed by atoms with Crippen LogP contribution in [-0.2, 0) is 9.59 Å². The summed E-state index contributed by atoms with van der Waals surface area (Å²) >= 11 is 0. The number of carbonyl (C=O) groups is 2. The normalized spacial score (nSPS) is 14.4. The molecule has 0 radical (unpaired) electrons. The van der Waals surface area contributed by atoms with Crippen molar-refractivity contribution < 1.29 is 29.3 Å². The molecule has 0 fully saturated rings. The fraction of sp³-hybridized carbons (Fsp3) is 0.286. The molecule has 20 heavy (non-hydrogen) atoms. The van der Waals surface area contributed by atoms with E-state index in [1.807, 2.05) is 0 Å². The molecule has 1 aliphatic rings. The summed E-state index contributed by atoms with van der Waals surface area (Å²) in [5.74, 6) is -0.412. The summed E-state index contributed by atoms with van der Waals surface area (Å²) in [5.41, 5.74) is 0.791. The quantitative estimate of drug-likeness (QED) is 0.760. The Morgan fingerprint density at radius 1 is 1.30 bits per heavy atom. The maximum atomic E-state index is 11.2. The van der Waals surface area contributed by atoms with Crippen molar-refractivity contribution in [3.8, 4) is 11.5 Å². The highest BCUT2D eigenvalue weighted by Crippen LogP contribution is 2.32. The standard InChI is InChI=1S/C14H14O6/c15-10(6-11(16)7-14(17)18)3-1-9-2-4-12-13(5-9)20-8-19-12/h1-5,10,15H,6-8H2,(H,17,18)/b3-1+. The highest BCUT2D eigenvalue weighted by Gasteiger charge is 2.13. The molecular formula is C14H14O6. The number of Topliss-reactive ketones (excluding diaryl/α,β-unsaturated/α-hetero) is 1. The summed E-state index contributed by atoms with van der Waals surface area (Å²) in [6.07, 6.45) is 1.28. The van der Waals surface area contributed by atoms with Gasteiger partial charge in [-0.05, 0) is 17.7 Å². The van der Waals surface area contributed by atoms with Crippen LogP contribution in [0, 0.1) is 0 Å². The Kier molecular flexibility index (Phi) is 4.37. The van der Waals surface area contributed by atoms with E-state index in [1.165, 1.54) is 6.08 Å². The van der Waals surface area contributed by atoms with Crippen LogP contribution in [0.4, 0.5) is 0 Å². The minimum absolute atomic E-state index is 0.189. The van der Waals surface area contributed by atoms with Gasteiger partial charge in [0.15, 0.2) is 11.5 Å². The first-order chi connectivity index (χ1) is 9.54. The van der Waals surface area contributed by atoms with Gasteiger partial charge in [-0.15, -0.1) is 0 Å². The number of ketones is 1. The molecule has 0 saturated carbocycles. The van der Waals surface area contributed by atoms with Gasteiger partial charge in [0.25, 0.3) is 0 Å². The van der Waals surface area contributed by atoms with Crippen LogP contribution < -0.4 is 9.47 Å². The number of aliphatic hydroxyl groups is 1. The molecule has 1 heterocycles. The first-order valence-corrected chi connectivity index (χ1v) is 6.04. The fourth-order valence-corrected chi connectivity index (χ4v) is 1.78. The van der Waals surface area contributed by atoms with Crippen LogP contribution in [0.5, 0.6) is 11.5 Å². The summed E-state index contributed by atoms with van der Waals surface area (Å²) in [4.78, 5) is 21.6. The van der Waals surface area contributed by atoms with Gasteiger partial charge in [-0.3, -0.25) is 9.59 Å². The first-order valence-electron chi connectivity index (χ1n) is 6.04. The molecule has 2 N–H and O–H groups in total. The third-order valence-electron chi connectivity index (χ3n) is 2.69. The molecular weight excluding hydrogens is 264 g/mol. The highest BCUT2D eigenvalue weighted by molar-refractivity contribution is 5.95. The van der Waals surface area contributed by atoms with E-state index in [2.05, 4.69) is 0 Å². The molecule has 0 amide bonds. The van der Waals surface area contributed by atoms with E-state index in [4.69, 9.17) is 14.6 Å². The van der Waals surface area contributed by atoms with Gasteiger partial charge >= 0.3 is 5.97 Å². The van der Waals surface area contributed by atoms with Gasteiger partial charge in [-0.25, -0.2) is 0 Å². The van der Waals surface area contributed by atoms with Crippen molar-refractivity contribution in [3.05, 3.63) is 29.8 Å². The summed E-state index contributed by atoms with van der Waals surface area (Å²) in [7, 11) is 0. The SMILES string of the molecule is O=C(O)CC(=O)CC(O)/C=C/c1ccc2c(c1)OCO2. The zero-order chi connectivity index (χ0) is 14.5. The van der Waals surface area contributed by atoms with Gasteiger partial charge in [-0.2, -0.15) is 0 Å². The number of carboxylic acids is 1. The van der Waals surface area contributed by atoms with Crippen molar-refractivity contribution in [1.29, 1.82) is 0 Å². The third kappa shape index (κ3) is 3.83. The average Bonchev–Trinajstić information content (AvgIpc) is 2.82. The minimum atomic E-state index is -1.19. The second-order valence-corrected chi connectivity index (χ2v) is 4.35.